The maximum Gasteiger partial charge on any atom is 0.227 e. The number of benzene rings is 5. The van der Waals surface area contributed by atoms with E-state index < -0.39 is 0 Å². The Bertz CT molecular complexity index is 2850. The number of pyridine rings is 3. The van der Waals surface area contributed by atoms with Crippen molar-refractivity contribution in [3.63, 3.8) is 0 Å². The van der Waals surface area contributed by atoms with Crippen LogP contribution in [0.1, 0.15) is 0 Å². The van der Waals surface area contributed by atoms with Crippen molar-refractivity contribution in [2.75, 3.05) is 0 Å². The first-order valence-corrected chi connectivity index (χ1v) is 15.4. The zero-order valence-electron chi connectivity index (χ0n) is 24.8. The summed E-state index contributed by atoms with van der Waals surface area (Å²) in [6, 6.07) is 39.1. The standard InChI is InChI=1S/C40H22N6O/c1-2-10-27-23(7-1)14-15-24-8-3-11-31(34(24)27)38-44-37(26-16-17-28-30-13-6-20-43-40(30)47-33(28)22-26)45-39(46-38)32-21-25-9-4-18-41-35(25)36-29(32)12-5-19-42-36/h1-22H. The zero-order chi connectivity index (χ0) is 30.9. The summed E-state index contributed by atoms with van der Waals surface area (Å²) in [6.45, 7) is 0. The molecule has 5 aromatic heterocycles. The maximum atomic E-state index is 6.16. The van der Waals surface area contributed by atoms with Gasteiger partial charge in [-0.25, -0.2) is 19.9 Å². The third-order valence-electron chi connectivity index (χ3n) is 8.86. The Hall–Kier alpha value is -6.60. The second-order valence-corrected chi connectivity index (χ2v) is 11.6. The van der Waals surface area contributed by atoms with Gasteiger partial charge in [0.25, 0.3) is 0 Å². The van der Waals surface area contributed by atoms with E-state index in [4.69, 9.17) is 24.4 Å². The second kappa shape index (κ2) is 9.95. The SMILES string of the molecule is c1ccc2c(c1)ccc1cccc(-c3nc(-c4ccc5c(c4)oc4ncccc45)nc(-c4cc5cccnc5c5ncccc45)n3)c12. The van der Waals surface area contributed by atoms with Gasteiger partial charge < -0.3 is 4.42 Å². The average molecular weight is 603 g/mol. The fraction of sp³-hybridized carbons (Fsp3) is 0. The summed E-state index contributed by atoms with van der Waals surface area (Å²) >= 11 is 0. The molecule has 0 spiro atoms. The summed E-state index contributed by atoms with van der Waals surface area (Å²) in [4.78, 5) is 29.3. The molecule has 0 saturated heterocycles. The molecule has 0 radical (unpaired) electrons. The molecule has 5 aromatic carbocycles. The fourth-order valence-electron chi connectivity index (χ4n) is 6.70. The molecular weight excluding hydrogens is 580 g/mol. The van der Waals surface area contributed by atoms with E-state index in [2.05, 4.69) is 70.6 Å². The maximum absolute atomic E-state index is 6.16. The molecule has 0 saturated carbocycles. The highest BCUT2D eigenvalue weighted by molar-refractivity contribution is 6.14. The number of nitrogens with zero attached hydrogens (tertiary/aromatic N) is 6. The Labute approximate surface area is 267 Å². The lowest BCUT2D eigenvalue weighted by atomic mass is 9.97. The van der Waals surface area contributed by atoms with Gasteiger partial charge in [0.05, 0.1) is 11.0 Å². The molecule has 0 amide bonds. The van der Waals surface area contributed by atoms with E-state index in [1.54, 1.807) is 18.6 Å². The molecule has 10 aromatic rings. The minimum Gasteiger partial charge on any atom is -0.438 e. The van der Waals surface area contributed by atoms with Crippen LogP contribution in [0.5, 0.6) is 0 Å². The minimum absolute atomic E-state index is 0.542. The molecule has 7 heteroatoms. The van der Waals surface area contributed by atoms with Crippen LogP contribution < -0.4 is 0 Å². The van der Waals surface area contributed by atoms with Crippen molar-refractivity contribution in [1.29, 1.82) is 0 Å². The highest BCUT2D eigenvalue weighted by atomic mass is 16.3. The Morgan fingerprint density at radius 2 is 1.13 bits per heavy atom. The average Bonchev–Trinajstić information content (AvgIpc) is 3.52. The lowest BCUT2D eigenvalue weighted by Gasteiger charge is -2.13. The first-order valence-electron chi connectivity index (χ1n) is 15.4. The molecule has 10 rings (SSSR count). The Morgan fingerprint density at radius 3 is 2.06 bits per heavy atom. The highest BCUT2D eigenvalue weighted by Gasteiger charge is 2.19. The lowest BCUT2D eigenvalue weighted by Crippen LogP contribution is -2.01. The molecule has 5 heterocycles. The number of hydrogen-bond donors (Lipinski definition) is 0. The summed E-state index contributed by atoms with van der Waals surface area (Å²) in [5, 5.41) is 8.36. The molecule has 0 unspecified atom stereocenters. The van der Waals surface area contributed by atoms with Crippen LogP contribution >= 0.6 is 0 Å². The van der Waals surface area contributed by atoms with E-state index in [-0.39, 0.29) is 0 Å². The third kappa shape index (κ3) is 4.00. The Morgan fingerprint density at radius 1 is 0.426 bits per heavy atom. The van der Waals surface area contributed by atoms with Crippen LogP contribution in [0, 0.1) is 0 Å². The van der Waals surface area contributed by atoms with Crippen LogP contribution in [0.4, 0.5) is 0 Å². The van der Waals surface area contributed by atoms with Gasteiger partial charge in [0.2, 0.25) is 5.71 Å². The van der Waals surface area contributed by atoms with Gasteiger partial charge in [0.15, 0.2) is 17.5 Å². The number of hydrogen-bond acceptors (Lipinski definition) is 7. The lowest BCUT2D eigenvalue weighted by molar-refractivity contribution is 0.654. The molecule has 0 aliphatic carbocycles. The molecule has 0 aliphatic rings. The van der Waals surface area contributed by atoms with E-state index in [1.165, 1.54) is 0 Å². The summed E-state index contributed by atoms with van der Waals surface area (Å²) in [7, 11) is 0. The molecule has 47 heavy (non-hydrogen) atoms. The van der Waals surface area contributed by atoms with Crippen molar-refractivity contribution in [2.24, 2.45) is 0 Å². The van der Waals surface area contributed by atoms with Crippen molar-refractivity contribution in [2.45, 2.75) is 0 Å². The van der Waals surface area contributed by atoms with Crippen LogP contribution in [-0.4, -0.2) is 29.9 Å². The van der Waals surface area contributed by atoms with E-state index in [0.717, 1.165) is 76.4 Å². The largest absolute Gasteiger partial charge is 0.438 e. The first kappa shape index (κ1) is 25.7. The van der Waals surface area contributed by atoms with Crippen LogP contribution in [0.15, 0.2) is 138 Å². The van der Waals surface area contributed by atoms with Gasteiger partial charge in [-0.2, -0.15) is 0 Å². The monoisotopic (exact) mass is 602 g/mol. The van der Waals surface area contributed by atoms with Gasteiger partial charge in [0.1, 0.15) is 5.58 Å². The van der Waals surface area contributed by atoms with Gasteiger partial charge in [-0.3, -0.25) is 9.97 Å². The van der Waals surface area contributed by atoms with E-state index in [9.17, 15) is 0 Å². The van der Waals surface area contributed by atoms with Gasteiger partial charge in [0, 0.05) is 62.2 Å². The molecule has 7 nitrogen and oxygen atoms in total. The van der Waals surface area contributed by atoms with Crippen LogP contribution in [-0.2, 0) is 0 Å². The quantitative estimate of drug-likeness (QED) is 0.186. The van der Waals surface area contributed by atoms with Crippen molar-refractivity contribution >= 4 is 65.4 Å². The Kier molecular flexibility index (Phi) is 5.44. The fourth-order valence-corrected chi connectivity index (χ4v) is 6.70. The smallest absolute Gasteiger partial charge is 0.227 e. The first-order chi connectivity index (χ1) is 23.3. The number of rotatable bonds is 3. The summed E-state index contributed by atoms with van der Waals surface area (Å²) < 4.78 is 6.16. The van der Waals surface area contributed by atoms with Crippen molar-refractivity contribution < 1.29 is 4.42 Å². The van der Waals surface area contributed by atoms with Gasteiger partial charge in [-0.05, 0) is 58.6 Å². The third-order valence-corrected chi connectivity index (χ3v) is 8.86. The Balaban J connectivity index is 1.29. The normalized spacial score (nSPS) is 11.8. The number of fused-ring (bicyclic) bond motifs is 9. The summed E-state index contributed by atoms with van der Waals surface area (Å²) in [6.07, 6.45) is 5.33. The van der Waals surface area contributed by atoms with E-state index in [1.807, 2.05) is 54.6 Å². The van der Waals surface area contributed by atoms with Crippen LogP contribution in [0.2, 0.25) is 0 Å². The van der Waals surface area contributed by atoms with Crippen molar-refractivity contribution in [3.8, 4) is 34.2 Å². The molecule has 0 aliphatic heterocycles. The molecule has 218 valence electrons. The van der Waals surface area contributed by atoms with E-state index in [0.29, 0.717) is 23.2 Å². The molecule has 0 atom stereocenters. The van der Waals surface area contributed by atoms with Crippen molar-refractivity contribution in [3.05, 3.63) is 134 Å². The molecule has 0 fully saturated rings. The minimum atomic E-state index is 0.542. The molecule has 0 bridgehead atoms. The number of aromatic nitrogens is 6. The highest BCUT2D eigenvalue weighted by Crippen LogP contribution is 2.37. The van der Waals surface area contributed by atoms with Gasteiger partial charge in [-0.1, -0.05) is 72.8 Å². The topological polar surface area (TPSA) is 90.5 Å². The van der Waals surface area contributed by atoms with E-state index >= 15 is 0 Å². The van der Waals surface area contributed by atoms with Crippen molar-refractivity contribution in [1.82, 2.24) is 29.9 Å². The van der Waals surface area contributed by atoms with Crippen LogP contribution in [0.3, 0.4) is 0 Å². The molecular formula is C40H22N6O. The molecule has 0 N–H and O–H groups in total. The van der Waals surface area contributed by atoms with Gasteiger partial charge in [-0.15, -0.1) is 0 Å². The summed E-state index contributed by atoms with van der Waals surface area (Å²) in [5.41, 5.74) is 5.57. The van der Waals surface area contributed by atoms with Gasteiger partial charge >= 0.3 is 0 Å². The zero-order valence-corrected chi connectivity index (χ0v) is 24.8. The van der Waals surface area contributed by atoms with Crippen LogP contribution in [0.25, 0.3) is 99.6 Å². The predicted molar refractivity (Wildman–Crippen MR) is 187 cm³/mol. The second-order valence-electron chi connectivity index (χ2n) is 11.6. The predicted octanol–water partition coefficient (Wildman–Crippen LogP) is 9.57. The number of furan rings is 1. The summed E-state index contributed by atoms with van der Waals surface area (Å²) in [5.74, 6) is 1.68.